The van der Waals surface area contributed by atoms with E-state index in [1.165, 1.54) is 0 Å². The average Bonchev–Trinajstić information content (AvgIpc) is 1.86. The molecule has 0 fully saturated rings. The quantitative estimate of drug-likeness (QED) is 0.588. The van der Waals surface area contributed by atoms with Crippen LogP contribution in [0.3, 0.4) is 0 Å². The van der Waals surface area contributed by atoms with E-state index in [0.29, 0.717) is 0 Å². The highest BCUT2D eigenvalue weighted by Crippen LogP contribution is 2.55. The first-order valence-electron chi connectivity index (χ1n) is 3.65. The number of rotatable bonds is 3. The maximum Gasteiger partial charge on any atom is 0.176 e. The van der Waals surface area contributed by atoms with Crippen LogP contribution >= 0.6 is 30.4 Å². The summed E-state index contributed by atoms with van der Waals surface area (Å²) in [5.74, 6) is 0. The van der Waals surface area contributed by atoms with E-state index >= 15 is 0 Å². The molecule has 0 aliphatic rings. The second-order valence-corrected chi connectivity index (χ2v) is 8.07. The Bertz CT molecular complexity index is 161. The van der Waals surface area contributed by atoms with Gasteiger partial charge in [0.1, 0.15) is 0 Å². The zero-order valence-corrected chi connectivity index (χ0v) is 11.7. The molecule has 0 bridgehead atoms. The molecule has 0 aromatic carbocycles. The van der Waals surface area contributed by atoms with Gasteiger partial charge in [-0.1, -0.05) is 0 Å². The first-order chi connectivity index (χ1) is 5.39. The van der Waals surface area contributed by atoms with Gasteiger partial charge in [-0.15, -0.1) is 0 Å². The Kier molecular flexibility index (Phi) is 5.25. The highest BCUT2D eigenvalue weighted by atomic mass is 127. The van der Waals surface area contributed by atoms with Crippen LogP contribution in [0.15, 0.2) is 2.96 Å². The Balaban J connectivity index is 5.08. The average molecular weight is 304 g/mol. The normalized spacial score (nSPS) is 13.2. The largest absolute Gasteiger partial charge is 0.251 e. The summed E-state index contributed by atoms with van der Waals surface area (Å²) in [4.78, 5) is 0. The van der Waals surface area contributed by atoms with Gasteiger partial charge in [-0.2, -0.15) is 2.96 Å². The molecule has 0 amide bonds. The lowest BCUT2D eigenvalue weighted by molar-refractivity contribution is 0.476. The molecule has 74 valence electrons. The third-order valence-corrected chi connectivity index (χ3v) is 6.87. The SMILES string of the molecule is CN(C)P(=NI)(N(C)C)N(C)C. The zero-order chi connectivity index (χ0) is 9.94. The second kappa shape index (κ2) is 4.91. The van der Waals surface area contributed by atoms with E-state index in [9.17, 15) is 0 Å². The van der Waals surface area contributed by atoms with Crippen molar-refractivity contribution in [2.75, 3.05) is 42.3 Å². The maximum absolute atomic E-state index is 4.48. The first kappa shape index (κ1) is 12.8. The van der Waals surface area contributed by atoms with Gasteiger partial charge in [0.15, 0.2) is 7.51 Å². The van der Waals surface area contributed by atoms with Crippen LogP contribution in [0, 0.1) is 0 Å². The summed E-state index contributed by atoms with van der Waals surface area (Å²) in [7, 11) is 10.8. The standard InChI is InChI=1S/C6H18IN4P/c1-9(2)12(8-7,10(3)4)11(5)6/h1-6H3. The molecule has 0 atom stereocenters. The van der Waals surface area contributed by atoms with Crippen molar-refractivity contribution in [1.29, 1.82) is 0 Å². The van der Waals surface area contributed by atoms with Gasteiger partial charge >= 0.3 is 0 Å². The molecular weight excluding hydrogens is 286 g/mol. The van der Waals surface area contributed by atoms with Gasteiger partial charge in [0.2, 0.25) is 0 Å². The van der Waals surface area contributed by atoms with Crippen molar-refractivity contribution < 1.29 is 0 Å². The molecule has 0 radical (unpaired) electrons. The van der Waals surface area contributed by atoms with Crippen molar-refractivity contribution in [3.8, 4) is 0 Å². The van der Waals surface area contributed by atoms with Gasteiger partial charge in [0.05, 0.1) is 22.9 Å². The van der Waals surface area contributed by atoms with Crippen molar-refractivity contribution in [3.63, 3.8) is 0 Å². The van der Waals surface area contributed by atoms with Crippen LogP contribution in [0.25, 0.3) is 0 Å². The molecule has 12 heavy (non-hydrogen) atoms. The van der Waals surface area contributed by atoms with Crippen LogP contribution in [0.5, 0.6) is 0 Å². The maximum atomic E-state index is 4.48. The smallest absolute Gasteiger partial charge is 0.176 e. The lowest BCUT2D eigenvalue weighted by atomic mass is 11.2. The van der Waals surface area contributed by atoms with Gasteiger partial charge < -0.3 is 0 Å². The van der Waals surface area contributed by atoms with E-state index < -0.39 is 7.51 Å². The van der Waals surface area contributed by atoms with Gasteiger partial charge in [-0.25, -0.2) is 0 Å². The van der Waals surface area contributed by atoms with E-state index in [1.807, 2.05) is 0 Å². The molecule has 0 aromatic rings. The van der Waals surface area contributed by atoms with Crippen molar-refractivity contribution >= 4 is 30.4 Å². The molecule has 0 N–H and O–H groups in total. The summed E-state index contributed by atoms with van der Waals surface area (Å²) in [5.41, 5.74) is 0. The lowest BCUT2D eigenvalue weighted by Gasteiger charge is -2.39. The Morgan fingerprint density at radius 3 is 1.08 bits per heavy atom. The van der Waals surface area contributed by atoms with Crippen LogP contribution in [-0.2, 0) is 0 Å². The van der Waals surface area contributed by atoms with Crippen LogP contribution < -0.4 is 0 Å². The number of nitrogens with zero attached hydrogens (tertiary/aromatic N) is 4. The van der Waals surface area contributed by atoms with E-state index in [2.05, 4.69) is 82.1 Å². The van der Waals surface area contributed by atoms with Gasteiger partial charge in [0, 0.05) is 0 Å². The van der Waals surface area contributed by atoms with E-state index in [4.69, 9.17) is 0 Å². The molecule has 0 aliphatic heterocycles. The molecule has 0 saturated carbocycles. The topological polar surface area (TPSA) is 22.1 Å². The fourth-order valence-electron chi connectivity index (χ4n) is 1.28. The Morgan fingerprint density at radius 2 is 1.08 bits per heavy atom. The number of hydrogen-bond donors (Lipinski definition) is 0. The number of halogens is 1. The van der Waals surface area contributed by atoms with Crippen molar-refractivity contribution in [2.24, 2.45) is 2.96 Å². The summed E-state index contributed by atoms with van der Waals surface area (Å²) in [5, 5.41) is 0. The highest BCUT2D eigenvalue weighted by Gasteiger charge is 2.27. The third-order valence-electron chi connectivity index (χ3n) is 1.71. The summed E-state index contributed by atoms with van der Waals surface area (Å²) in [6.45, 7) is 0. The molecule has 0 aromatic heterocycles. The highest BCUT2D eigenvalue weighted by molar-refractivity contribution is 14.1. The van der Waals surface area contributed by atoms with Crippen LogP contribution in [0.4, 0.5) is 0 Å². The van der Waals surface area contributed by atoms with Crippen LogP contribution in [0.1, 0.15) is 0 Å². The molecule has 4 nitrogen and oxygen atoms in total. The summed E-state index contributed by atoms with van der Waals surface area (Å²) in [6, 6.07) is 0. The monoisotopic (exact) mass is 304 g/mol. The molecular formula is C6H18IN4P. The minimum atomic E-state index is -1.58. The molecule has 0 spiro atoms. The molecule has 0 saturated heterocycles. The van der Waals surface area contributed by atoms with Gasteiger partial charge in [-0.3, -0.25) is 14.0 Å². The zero-order valence-electron chi connectivity index (χ0n) is 8.61. The van der Waals surface area contributed by atoms with Crippen LogP contribution in [0.2, 0.25) is 0 Å². The predicted molar refractivity (Wildman–Crippen MR) is 64.4 cm³/mol. The Morgan fingerprint density at radius 1 is 0.833 bits per heavy atom. The fraction of sp³-hybridized carbons (Fsp3) is 1.00. The van der Waals surface area contributed by atoms with Crippen molar-refractivity contribution in [3.05, 3.63) is 0 Å². The van der Waals surface area contributed by atoms with Gasteiger partial charge in [0.25, 0.3) is 0 Å². The molecule has 0 aliphatic carbocycles. The second-order valence-electron chi connectivity index (χ2n) is 3.15. The minimum absolute atomic E-state index is 1.58. The first-order valence-corrected chi connectivity index (χ1v) is 6.22. The predicted octanol–water partition coefficient (Wildman–Crippen LogP) is 1.97. The molecule has 0 heterocycles. The van der Waals surface area contributed by atoms with E-state index in [0.717, 1.165) is 0 Å². The summed E-state index contributed by atoms with van der Waals surface area (Å²) in [6.07, 6.45) is 0. The van der Waals surface area contributed by atoms with E-state index in [-0.39, 0.29) is 0 Å². The minimum Gasteiger partial charge on any atom is -0.251 e. The van der Waals surface area contributed by atoms with Gasteiger partial charge in [-0.05, 0) is 42.3 Å². The van der Waals surface area contributed by atoms with Crippen molar-refractivity contribution in [1.82, 2.24) is 14.0 Å². The summed E-state index contributed by atoms with van der Waals surface area (Å²) >= 11 is 2.10. The molecule has 6 heteroatoms. The number of hydrogen-bond acceptors (Lipinski definition) is 1. The summed E-state index contributed by atoms with van der Waals surface area (Å²) < 4.78 is 11.0. The fourth-order valence-corrected chi connectivity index (χ4v) is 7.30. The Hall–Kier alpha value is 0.840. The third kappa shape index (κ3) is 2.20. The Labute approximate surface area is 89.6 Å². The lowest BCUT2D eigenvalue weighted by Crippen LogP contribution is -2.30. The van der Waals surface area contributed by atoms with Crippen LogP contribution in [-0.4, -0.2) is 56.3 Å². The van der Waals surface area contributed by atoms with Crippen molar-refractivity contribution in [2.45, 2.75) is 0 Å². The molecule has 0 rings (SSSR count). The molecule has 0 unspecified atom stereocenters. The van der Waals surface area contributed by atoms with E-state index in [1.54, 1.807) is 0 Å².